The number of thioether (sulfide) groups is 1. The molecule has 33 heavy (non-hydrogen) atoms. The topological polar surface area (TPSA) is 74.0 Å². The van der Waals surface area contributed by atoms with E-state index in [1.807, 2.05) is 30.3 Å². The number of hydrogen-bond acceptors (Lipinski definition) is 5. The number of rotatable bonds is 7. The maximum Gasteiger partial charge on any atom is 0.416 e. The molecule has 0 saturated carbocycles. The lowest BCUT2D eigenvalue weighted by Crippen LogP contribution is -2.16. The number of para-hydroxylation sites is 1. The normalized spacial score (nSPS) is 11.4. The summed E-state index contributed by atoms with van der Waals surface area (Å²) in [6.45, 7) is 0. The molecule has 1 N–H and O–H groups in total. The second-order valence-corrected chi connectivity index (χ2v) is 7.74. The van der Waals surface area contributed by atoms with Gasteiger partial charge in [0.05, 0.1) is 24.0 Å². The average Bonchev–Trinajstić information content (AvgIpc) is 3.47. The van der Waals surface area contributed by atoms with Crippen LogP contribution in [0.25, 0.3) is 11.4 Å². The molecule has 0 aliphatic heterocycles. The van der Waals surface area contributed by atoms with Crippen molar-refractivity contribution in [2.75, 3.05) is 18.2 Å². The molecule has 2 aromatic carbocycles. The van der Waals surface area contributed by atoms with Crippen LogP contribution in [0.15, 0.2) is 78.2 Å². The highest BCUT2D eigenvalue weighted by atomic mass is 32.2. The van der Waals surface area contributed by atoms with Gasteiger partial charge in [-0.25, -0.2) is 4.68 Å². The van der Waals surface area contributed by atoms with Crippen LogP contribution >= 0.6 is 11.8 Å². The van der Waals surface area contributed by atoms with E-state index in [1.54, 1.807) is 34.9 Å². The van der Waals surface area contributed by atoms with Gasteiger partial charge >= 0.3 is 6.18 Å². The molecule has 11 heteroatoms. The Kier molecular flexibility index (Phi) is 6.40. The first kappa shape index (κ1) is 22.5. The minimum absolute atomic E-state index is 0.0667. The third-order valence-corrected chi connectivity index (χ3v) is 5.50. The number of methoxy groups -OCH3 is 1. The smallest absolute Gasteiger partial charge is 0.416 e. The number of nitrogens with zero attached hydrogens (tertiary/aromatic N) is 4. The summed E-state index contributed by atoms with van der Waals surface area (Å²) in [5, 5.41) is 11.4. The highest BCUT2D eigenvalue weighted by Crippen LogP contribution is 2.32. The van der Waals surface area contributed by atoms with E-state index in [2.05, 4.69) is 15.5 Å². The van der Waals surface area contributed by atoms with E-state index in [-0.39, 0.29) is 11.4 Å². The number of hydrogen-bond donors (Lipinski definition) is 1. The summed E-state index contributed by atoms with van der Waals surface area (Å²) in [6, 6.07) is 15.5. The first-order chi connectivity index (χ1) is 15.9. The Balaban J connectivity index is 1.56. The van der Waals surface area contributed by atoms with Crippen molar-refractivity contribution < 1.29 is 22.7 Å². The Morgan fingerprint density at radius 2 is 1.82 bits per heavy atom. The van der Waals surface area contributed by atoms with E-state index in [4.69, 9.17) is 4.74 Å². The lowest BCUT2D eigenvalue weighted by molar-refractivity contribution is -0.137. The molecule has 0 unspecified atom stereocenters. The van der Waals surface area contributed by atoms with Gasteiger partial charge in [0.2, 0.25) is 11.1 Å². The van der Waals surface area contributed by atoms with Crippen molar-refractivity contribution in [2.24, 2.45) is 0 Å². The van der Waals surface area contributed by atoms with Crippen molar-refractivity contribution >= 4 is 23.4 Å². The predicted molar refractivity (Wildman–Crippen MR) is 118 cm³/mol. The van der Waals surface area contributed by atoms with Gasteiger partial charge in [-0.3, -0.25) is 9.47 Å². The van der Waals surface area contributed by atoms with Gasteiger partial charge in [0, 0.05) is 18.1 Å². The Hall–Kier alpha value is -3.73. The van der Waals surface area contributed by atoms with Crippen molar-refractivity contribution in [3.05, 3.63) is 78.6 Å². The maximum atomic E-state index is 12.9. The SMILES string of the molecule is COc1ccccc1-c1nnc(SCC(=O)Nc2cccc(C(F)(F)F)c2)n1-n1cccc1. The standard InChI is InChI=1S/C22H18F3N5O2S/c1-32-18-10-3-2-9-17(18)20-27-28-21(30(20)29-11-4-5-12-29)33-14-19(31)26-16-8-6-7-15(13-16)22(23,24)25/h2-13H,14H2,1H3,(H,26,31). The van der Waals surface area contributed by atoms with Crippen LogP contribution in [0, 0.1) is 0 Å². The highest BCUT2D eigenvalue weighted by molar-refractivity contribution is 7.99. The van der Waals surface area contributed by atoms with Crippen LogP contribution in [-0.4, -0.2) is 38.3 Å². The zero-order valence-corrected chi connectivity index (χ0v) is 18.1. The molecule has 2 heterocycles. The van der Waals surface area contributed by atoms with Crippen LogP contribution in [0.4, 0.5) is 18.9 Å². The lowest BCUT2D eigenvalue weighted by atomic mass is 10.2. The number of alkyl halides is 3. The summed E-state index contributed by atoms with van der Waals surface area (Å²) in [7, 11) is 1.56. The molecular weight excluding hydrogens is 455 g/mol. The zero-order valence-electron chi connectivity index (χ0n) is 17.3. The third kappa shape index (κ3) is 5.03. The number of benzene rings is 2. The fraction of sp³-hybridized carbons (Fsp3) is 0.136. The van der Waals surface area contributed by atoms with Gasteiger partial charge in [-0.15, -0.1) is 10.2 Å². The van der Waals surface area contributed by atoms with Crippen molar-refractivity contribution in [1.82, 2.24) is 19.5 Å². The summed E-state index contributed by atoms with van der Waals surface area (Å²) >= 11 is 1.10. The van der Waals surface area contributed by atoms with Gasteiger partial charge in [0.25, 0.3) is 0 Å². The third-order valence-electron chi connectivity index (χ3n) is 4.59. The fourth-order valence-electron chi connectivity index (χ4n) is 3.12. The maximum absolute atomic E-state index is 12.9. The molecule has 0 atom stereocenters. The van der Waals surface area contributed by atoms with E-state index in [0.29, 0.717) is 22.3 Å². The molecule has 4 rings (SSSR count). The van der Waals surface area contributed by atoms with Gasteiger partial charge in [0.1, 0.15) is 5.75 Å². The quantitative estimate of drug-likeness (QED) is 0.390. The van der Waals surface area contributed by atoms with Gasteiger partial charge in [-0.05, 0) is 42.5 Å². The molecule has 7 nitrogen and oxygen atoms in total. The Bertz CT molecular complexity index is 1260. The number of halogens is 3. The minimum atomic E-state index is -4.49. The molecule has 0 saturated heterocycles. The average molecular weight is 473 g/mol. The number of carbonyl (C=O) groups excluding carboxylic acids is 1. The van der Waals surface area contributed by atoms with E-state index < -0.39 is 17.6 Å². The molecule has 0 spiro atoms. The lowest BCUT2D eigenvalue weighted by Gasteiger charge is -2.13. The Morgan fingerprint density at radius 3 is 2.55 bits per heavy atom. The molecule has 0 bridgehead atoms. The molecule has 0 aliphatic rings. The highest BCUT2D eigenvalue weighted by Gasteiger charge is 2.30. The second-order valence-electron chi connectivity index (χ2n) is 6.80. The van der Waals surface area contributed by atoms with Gasteiger partial charge in [-0.1, -0.05) is 30.0 Å². The number of ether oxygens (including phenoxy) is 1. The van der Waals surface area contributed by atoms with Gasteiger partial charge in [-0.2, -0.15) is 13.2 Å². The summed E-state index contributed by atoms with van der Waals surface area (Å²) < 4.78 is 47.6. The monoisotopic (exact) mass is 473 g/mol. The molecule has 0 fully saturated rings. The summed E-state index contributed by atoms with van der Waals surface area (Å²) in [5.74, 6) is 0.559. The zero-order chi connectivity index (χ0) is 23.4. The number of nitrogens with one attached hydrogen (secondary N) is 1. The predicted octanol–water partition coefficient (Wildman–Crippen LogP) is 4.82. The molecule has 4 aromatic rings. The molecule has 0 radical (unpaired) electrons. The molecule has 0 aliphatic carbocycles. The Morgan fingerprint density at radius 1 is 1.06 bits per heavy atom. The van der Waals surface area contributed by atoms with Crippen LogP contribution in [0.1, 0.15) is 5.56 Å². The van der Waals surface area contributed by atoms with Gasteiger partial charge < -0.3 is 10.1 Å². The van der Waals surface area contributed by atoms with E-state index in [0.717, 1.165) is 23.9 Å². The van der Waals surface area contributed by atoms with Crippen LogP contribution in [0.5, 0.6) is 5.75 Å². The van der Waals surface area contributed by atoms with E-state index in [1.165, 1.54) is 12.1 Å². The van der Waals surface area contributed by atoms with Crippen molar-refractivity contribution in [2.45, 2.75) is 11.3 Å². The van der Waals surface area contributed by atoms with Crippen LogP contribution in [0.3, 0.4) is 0 Å². The molecule has 1 amide bonds. The number of carbonyl (C=O) groups is 1. The largest absolute Gasteiger partial charge is 0.496 e. The first-order valence-electron chi connectivity index (χ1n) is 9.69. The Labute approximate surface area is 191 Å². The van der Waals surface area contributed by atoms with E-state index >= 15 is 0 Å². The van der Waals surface area contributed by atoms with Crippen molar-refractivity contribution in [3.8, 4) is 17.1 Å². The summed E-state index contributed by atoms with van der Waals surface area (Å²) in [5.41, 5.74) is -0.0553. The second kappa shape index (κ2) is 9.41. The summed E-state index contributed by atoms with van der Waals surface area (Å²) in [4.78, 5) is 12.4. The van der Waals surface area contributed by atoms with Gasteiger partial charge in [0.15, 0.2) is 5.82 Å². The molecular formula is C22H18F3N5O2S. The molecule has 2 aromatic heterocycles. The van der Waals surface area contributed by atoms with Crippen molar-refractivity contribution in [1.29, 1.82) is 0 Å². The van der Waals surface area contributed by atoms with Crippen LogP contribution in [0.2, 0.25) is 0 Å². The van der Waals surface area contributed by atoms with Crippen LogP contribution < -0.4 is 10.1 Å². The number of aromatic nitrogens is 4. The first-order valence-corrected chi connectivity index (χ1v) is 10.7. The minimum Gasteiger partial charge on any atom is -0.496 e. The number of anilines is 1. The van der Waals surface area contributed by atoms with E-state index in [9.17, 15) is 18.0 Å². The number of amides is 1. The molecule has 170 valence electrons. The van der Waals surface area contributed by atoms with Crippen molar-refractivity contribution in [3.63, 3.8) is 0 Å². The fourth-order valence-corrected chi connectivity index (χ4v) is 3.85. The summed E-state index contributed by atoms with van der Waals surface area (Å²) in [6.07, 6.45) is -0.887. The van der Waals surface area contributed by atoms with Crippen LogP contribution in [-0.2, 0) is 11.0 Å².